The predicted molar refractivity (Wildman–Crippen MR) is 101 cm³/mol. The summed E-state index contributed by atoms with van der Waals surface area (Å²) in [6.07, 6.45) is 5.32. The molecule has 1 aliphatic rings. The van der Waals surface area contributed by atoms with E-state index in [0.717, 1.165) is 37.8 Å². The summed E-state index contributed by atoms with van der Waals surface area (Å²) in [7, 11) is 0. The van der Waals surface area contributed by atoms with Crippen LogP contribution >= 0.6 is 0 Å². The van der Waals surface area contributed by atoms with Gasteiger partial charge in [-0.2, -0.15) is 0 Å². The highest BCUT2D eigenvalue weighted by molar-refractivity contribution is 5.97. The van der Waals surface area contributed by atoms with Crippen LogP contribution in [0.2, 0.25) is 0 Å². The first-order valence-electron chi connectivity index (χ1n) is 9.19. The van der Waals surface area contributed by atoms with Gasteiger partial charge in [-0.15, -0.1) is 0 Å². The third-order valence-electron chi connectivity index (χ3n) is 4.74. The van der Waals surface area contributed by atoms with Crippen molar-refractivity contribution in [2.45, 2.75) is 44.6 Å². The van der Waals surface area contributed by atoms with Crippen molar-refractivity contribution in [1.82, 2.24) is 5.32 Å². The average Bonchev–Trinajstić information content (AvgIpc) is 2.65. The van der Waals surface area contributed by atoms with Crippen molar-refractivity contribution >= 4 is 17.5 Å². The van der Waals surface area contributed by atoms with Crippen molar-refractivity contribution < 1.29 is 19.1 Å². The van der Waals surface area contributed by atoms with Gasteiger partial charge in [0, 0.05) is 22.9 Å². The Labute approximate surface area is 157 Å². The van der Waals surface area contributed by atoms with Gasteiger partial charge in [0.05, 0.1) is 6.42 Å². The van der Waals surface area contributed by atoms with Crippen LogP contribution in [0.15, 0.2) is 42.5 Å². The molecule has 0 radical (unpaired) electrons. The molecule has 3 rings (SSSR count). The van der Waals surface area contributed by atoms with E-state index in [1.54, 1.807) is 24.3 Å². The number of amides is 2. The molecule has 3 N–H and O–H groups in total. The van der Waals surface area contributed by atoms with Crippen molar-refractivity contribution in [3.05, 3.63) is 59.4 Å². The number of halogens is 1. The number of benzene rings is 2. The number of hydrogen-bond donors (Lipinski definition) is 3. The normalized spacial score (nSPS) is 14.6. The third kappa shape index (κ3) is 5.29. The highest BCUT2D eigenvalue weighted by atomic mass is 19.1. The maximum Gasteiger partial charge on any atom is 0.251 e. The number of phenols is 1. The van der Waals surface area contributed by atoms with Crippen LogP contribution in [0.3, 0.4) is 0 Å². The number of nitrogens with one attached hydrogen (secondary N) is 2. The molecule has 2 aromatic carbocycles. The molecule has 0 bridgehead atoms. The fraction of sp³-hybridized carbons (Fsp3) is 0.333. The first kappa shape index (κ1) is 18.9. The van der Waals surface area contributed by atoms with E-state index in [2.05, 4.69) is 10.6 Å². The smallest absolute Gasteiger partial charge is 0.251 e. The predicted octanol–water partition coefficient (Wildman–Crippen LogP) is 3.78. The summed E-state index contributed by atoms with van der Waals surface area (Å²) in [5.41, 5.74) is 1.16. The molecule has 27 heavy (non-hydrogen) atoms. The number of anilines is 1. The molecular formula is C21H23FN2O3. The van der Waals surface area contributed by atoms with Crippen molar-refractivity contribution in [2.24, 2.45) is 0 Å². The largest absolute Gasteiger partial charge is 0.508 e. The van der Waals surface area contributed by atoms with Crippen molar-refractivity contribution in [3.8, 4) is 5.75 Å². The zero-order valence-electron chi connectivity index (χ0n) is 15.0. The molecular weight excluding hydrogens is 347 g/mol. The van der Waals surface area contributed by atoms with Crippen LogP contribution in [0.25, 0.3) is 0 Å². The van der Waals surface area contributed by atoms with Crippen molar-refractivity contribution in [3.63, 3.8) is 0 Å². The monoisotopic (exact) mass is 370 g/mol. The lowest BCUT2D eigenvalue weighted by Crippen LogP contribution is -2.36. The summed E-state index contributed by atoms with van der Waals surface area (Å²) in [6.45, 7) is 0. The van der Waals surface area contributed by atoms with Gasteiger partial charge in [0.2, 0.25) is 5.91 Å². The molecule has 2 aromatic rings. The van der Waals surface area contributed by atoms with Crippen LogP contribution < -0.4 is 10.6 Å². The zero-order chi connectivity index (χ0) is 19.2. The maximum atomic E-state index is 13.3. The fourth-order valence-corrected chi connectivity index (χ4v) is 3.33. The van der Waals surface area contributed by atoms with Crippen LogP contribution in [0.5, 0.6) is 5.75 Å². The van der Waals surface area contributed by atoms with Gasteiger partial charge in [-0.1, -0.05) is 25.3 Å². The van der Waals surface area contributed by atoms with E-state index in [0.29, 0.717) is 11.3 Å². The van der Waals surface area contributed by atoms with E-state index >= 15 is 0 Å². The summed E-state index contributed by atoms with van der Waals surface area (Å²) >= 11 is 0. The van der Waals surface area contributed by atoms with Crippen LogP contribution in [0.4, 0.5) is 10.1 Å². The quantitative estimate of drug-likeness (QED) is 0.750. The Morgan fingerprint density at radius 3 is 2.63 bits per heavy atom. The molecule has 0 atom stereocenters. The second-order valence-electron chi connectivity index (χ2n) is 6.89. The molecule has 0 aliphatic heterocycles. The van der Waals surface area contributed by atoms with E-state index in [1.165, 1.54) is 12.5 Å². The molecule has 0 aromatic heterocycles. The Kier molecular flexibility index (Phi) is 6.06. The Balaban J connectivity index is 1.62. The van der Waals surface area contributed by atoms with Crippen LogP contribution in [0, 0.1) is 5.82 Å². The molecule has 0 saturated heterocycles. The Morgan fingerprint density at radius 2 is 1.85 bits per heavy atom. The van der Waals surface area contributed by atoms with Crippen LogP contribution in [-0.4, -0.2) is 23.0 Å². The van der Waals surface area contributed by atoms with E-state index in [9.17, 15) is 19.1 Å². The second kappa shape index (κ2) is 8.66. The summed E-state index contributed by atoms with van der Waals surface area (Å²) in [4.78, 5) is 24.6. The van der Waals surface area contributed by atoms with Gasteiger partial charge in [-0.05, 0) is 49.2 Å². The van der Waals surface area contributed by atoms with Gasteiger partial charge < -0.3 is 15.7 Å². The number of rotatable bonds is 5. The number of carbonyl (C=O) groups is 2. The second-order valence-corrected chi connectivity index (χ2v) is 6.89. The maximum absolute atomic E-state index is 13.3. The molecule has 2 amide bonds. The molecule has 6 heteroatoms. The van der Waals surface area contributed by atoms with Gasteiger partial charge in [-0.25, -0.2) is 4.39 Å². The SMILES string of the molecule is O=C(Cc1cc(F)ccc1O)Nc1cccc(C(=O)NC2CCCCC2)c1. The van der Waals surface area contributed by atoms with Gasteiger partial charge in [0.1, 0.15) is 11.6 Å². The highest BCUT2D eigenvalue weighted by Crippen LogP contribution is 2.20. The lowest BCUT2D eigenvalue weighted by molar-refractivity contribution is -0.115. The molecule has 1 fully saturated rings. The molecule has 1 aliphatic carbocycles. The molecule has 0 heterocycles. The average molecular weight is 370 g/mol. The van der Waals surface area contributed by atoms with Crippen molar-refractivity contribution in [2.75, 3.05) is 5.32 Å². The number of aromatic hydroxyl groups is 1. The van der Waals surface area contributed by atoms with Gasteiger partial charge >= 0.3 is 0 Å². The van der Waals surface area contributed by atoms with E-state index < -0.39 is 11.7 Å². The Morgan fingerprint density at radius 1 is 1.07 bits per heavy atom. The minimum absolute atomic E-state index is 0.132. The standard InChI is InChI=1S/C21H23FN2O3/c22-16-9-10-19(25)15(11-16)13-20(26)23-18-8-4-5-14(12-18)21(27)24-17-6-2-1-3-7-17/h4-5,8-12,17,25H,1-3,6-7,13H2,(H,23,26)(H,24,27). The van der Waals surface area contributed by atoms with E-state index in [-0.39, 0.29) is 29.7 Å². The number of phenolic OH excluding ortho intramolecular Hbond substituents is 1. The van der Waals surface area contributed by atoms with Crippen LogP contribution in [-0.2, 0) is 11.2 Å². The molecule has 142 valence electrons. The van der Waals surface area contributed by atoms with Gasteiger partial charge in [0.15, 0.2) is 0 Å². The Hall–Kier alpha value is -2.89. The Bertz CT molecular complexity index is 832. The number of carbonyl (C=O) groups excluding carboxylic acids is 2. The summed E-state index contributed by atoms with van der Waals surface area (Å²) < 4.78 is 13.3. The fourth-order valence-electron chi connectivity index (χ4n) is 3.33. The summed E-state index contributed by atoms with van der Waals surface area (Å²) in [5, 5.41) is 15.4. The molecule has 1 saturated carbocycles. The molecule has 5 nitrogen and oxygen atoms in total. The lowest BCUT2D eigenvalue weighted by Gasteiger charge is -2.22. The van der Waals surface area contributed by atoms with Gasteiger partial charge in [0.25, 0.3) is 5.91 Å². The van der Waals surface area contributed by atoms with E-state index in [4.69, 9.17) is 0 Å². The first-order chi connectivity index (χ1) is 13.0. The lowest BCUT2D eigenvalue weighted by atomic mass is 9.95. The summed E-state index contributed by atoms with van der Waals surface area (Å²) in [6, 6.07) is 10.4. The van der Waals surface area contributed by atoms with Crippen LogP contribution in [0.1, 0.15) is 48.0 Å². The minimum Gasteiger partial charge on any atom is -0.508 e. The highest BCUT2D eigenvalue weighted by Gasteiger charge is 2.17. The minimum atomic E-state index is -0.517. The van der Waals surface area contributed by atoms with Gasteiger partial charge in [-0.3, -0.25) is 9.59 Å². The van der Waals surface area contributed by atoms with E-state index in [1.807, 2.05) is 0 Å². The molecule has 0 spiro atoms. The zero-order valence-corrected chi connectivity index (χ0v) is 15.0. The van der Waals surface area contributed by atoms with Crippen molar-refractivity contribution in [1.29, 1.82) is 0 Å². The topological polar surface area (TPSA) is 78.4 Å². The number of hydrogen-bond acceptors (Lipinski definition) is 3. The summed E-state index contributed by atoms with van der Waals surface area (Å²) in [5.74, 6) is -1.20. The third-order valence-corrected chi connectivity index (χ3v) is 4.74. The first-order valence-corrected chi connectivity index (χ1v) is 9.19. The molecule has 0 unspecified atom stereocenters.